The van der Waals surface area contributed by atoms with Gasteiger partial charge in [0, 0.05) is 50.8 Å². The van der Waals surface area contributed by atoms with Crippen LogP contribution in [0.3, 0.4) is 0 Å². The molecule has 0 aromatic carbocycles. The standard InChI is InChI=1S/C18H19BrN10/c1-27-11-13(5-23-27)15-8-20-16-17(24-15)29(26-25-16)10-12-3-2-4-28(9-12)18-21-6-14(19)7-22-18/h5-8,11-12H,2-4,9-10H2,1H3/t12-/m0/s1. The van der Waals surface area contributed by atoms with Gasteiger partial charge >= 0.3 is 0 Å². The molecule has 0 aliphatic carbocycles. The first-order valence-electron chi connectivity index (χ1n) is 9.43. The molecule has 1 aliphatic heterocycles. The third-order valence-electron chi connectivity index (χ3n) is 5.07. The van der Waals surface area contributed by atoms with Crippen LogP contribution in [0, 0.1) is 5.92 Å². The lowest BCUT2D eigenvalue weighted by atomic mass is 9.98. The molecule has 5 heterocycles. The quantitative estimate of drug-likeness (QED) is 0.461. The van der Waals surface area contributed by atoms with Crippen molar-refractivity contribution in [1.29, 1.82) is 0 Å². The van der Waals surface area contributed by atoms with E-state index < -0.39 is 0 Å². The Bertz CT molecular complexity index is 1140. The minimum Gasteiger partial charge on any atom is -0.340 e. The van der Waals surface area contributed by atoms with E-state index in [9.17, 15) is 0 Å². The Morgan fingerprint density at radius 3 is 2.79 bits per heavy atom. The maximum atomic E-state index is 4.75. The Labute approximate surface area is 175 Å². The van der Waals surface area contributed by atoms with E-state index in [4.69, 9.17) is 4.98 Å². The summed E-state index contributed by atoms with van der Waals surface area (Å²) < 4.78 is 4.49. The molecule has 1 atom stereocenters. The average molecular weight is 455 g/mol. The fourth-order valence-electron chi connectivity index (χ4n) is 3.68. The number of aromatic nitrogens is 9. The van der Waals surface area contributed by atoms with E-state index in [0.29, 0.717) is 17.2 Å². The van der Waals surface area contributed by atoms with Crippen LogP contribution >= 0.6 is 15.9 Å². The van der Waals surface area contributed by atoms with Gasteiger partial charge in [-0.3, -0.25) is 4.68 Å². The molecule has 4 aromatic rings. The van der Waals surface area contributed by atoms with Crippen molar-refractivity contribution < 1.29 is 0 Å². The lowest BCUT2D eigenvalue weighted by molar-refractivity contribution is 0.350. The fourth-order valence-corrected chi connectivity index (χ4v) is 3.88. The number of anilines is 1. The van der Waals surface area contributed by atoms with Crippen LogP contribution in [0.25, 0.3) is 22.6 Å². The molecule has 0 N–H and O–H groups in total. The number of halogens is 1. The summed E-state index contributed by atoms with van der Waals surface area (Å²) in [6.07, 6.45) is 11.2. The largest absolute Gasteiger partial charge is 0.340 e. The van der Waals surface area contributed by atoms with Crippen molar-refractivity contribution in [3.63, 3.8) is 0 Å². The highest BCUT2D eigenvalue weighted by atomic mass is 79.9. The number of hydrogen-bond donors (Lipinski definition) is 0. The van der Waals surface area contributed by atoms with Gasteiger partial charge in [0.25, 0.3) is 0 Å². The van der Waals surface area contributed by atoms with Crippen molar-refractivity contribution in [1.82, 2.24) is 44.7 Å². The molecule has 0 saturated carbocycles. The van der Waals surface area contributed by atoms with Crippen molar-refractivity contribution in [3.8, 4) is 11.3 Å². The average Bonchev–Trinajstić information content (AvgIpc) is 3.35. The summed E-state index contributed by atoms with van der Waals surface area (Å²) >= 11 is 3.39. The third-order valence-corrected chi connectivity index (χ3v) is 5.48. The summed E-state index contributed by atoms with van der Waals surface area (Å²) in [5, 5.41) is 12.7. The highest BCUT2D eigenvalue weighted by molar-refractivity contribution is 9.10. The van der Waals surface area contributed by atoms with Gasteiger partial charge in [0.15, 0.2) is 5.65 Å². The fraction of sp³-hybridized carbons (Fsp3) is 0.389. The van der Waals surface area contributed by atoms with E-state index in [2.05, 4.69) is 51.2 Å². The molecular formula is C18H19BrN10. The van der Waals surface area contributed by atoms with Crippen LogP contribution in [-0.4, -0.2) is 57.8 Å². The molecule has 1 fully saturated rings. The van der Waals surface area contributed by atoms with Crippen LogP contribution < -0.4 is 4.90 Å². The Morgan fingerprint density at radius 1 is 1.14 bits per heavy atom. The molecule has 0 amide bonds. The molecule has 0 unspecified atom stereocenters. The number of fused-ring (bicyclic) bond motifs is 1. The normalized spacial score (nSPS) is 17.2. The zero-order valence-corrected chi connectivity index (χ0v) is 17.4. The van der Waals surface area contributed by atoms with E-state index in [1.807, 2.05) is 17.9 Å². The van der Waals surface area contributed by atoms with Gasteiger partial charge in [0.2, 0.25) is 11.6 Å². The van der Waals surface area contributed by atoms with Gasteiger partial charge in [-0.1, -0.05) is 5.21 Å². The second-order valence-electron chi connectivity index (χ2n) is 7.23. The second-order valence-corrected chi connectivity index (χ2v) is 8.15. The highest BCUT2D eigenvalue weighted by Gasteiger charge is 2.23. The maximum absolute atomic E-state index is 4.75. The summed E-state index contributed by atoms with van der Waals surface area (Å²) in [6, 6.07) is 0. The summed E-state index contributed by atoms with van der Waals surface area (Å²) in [5.41, 5.74) is 2.94. The monoisotopic (exact) mass is 454 g/mol. The van der Waals surface area contributed by atoms with Gasteiger partial charge < -0.3 is 4.90 Å². The van der Waals surface area contributed by atoms with Crippen LogP contribution in [0.2, 0.25) is 0 Å². The van der Waals surface area contributed by atoms with Gasteiger partial charge in [-0.25, -0.2) is 24.6 Å². The Hall–Kier alpha value is -2.95. The molecule has 1 aliphatic rings. The van der Waals surface area contributed by atoms with Gasteiger partial charge in [-0.15, -0.1) is 5.10 Å². The number of rotatable bonds is 4. The van der Waals surface area contributed by atoms with E-state index >= 15 is 0 Å². The van der Waals surface area contributed by atoms with Gasteiger partial charge in [-0.2, -0.15) is 5.10 Å². The first kappa shape index (κ1) is 18.1. The molecule has 0 spiro atoms. The summed E-state index contributed by atoms with van der Waals surface area (Å²) in [6.45, 7) is 2.56. The van der Waals surface area contributed by atoms with Crippen LogP contribution in [0.4, 0.5) is 5.95 Å². The minimum atomic E-state index is 0.407. The predicted octanol–water partition coefficient (Wildman–Crippen LogP) is 2.09. The van der Waals surface area contributed by atoms with E-state index in [-0.39, 0.29) is 0 Å². The molecular weight excluding hydrogens is 436 g/mol. The Kier molecular flexibility index (Phi) is 4.66. The van der Waals surface area contributed by atoms with Crippen LogP contribution in [-0.2, 0) is 13.6 Å². The number of aryl methyl sites for hydroxylation is 1. The number of nitrogens with zero attached hydrogens (tertiary/aromatic N) is 10. The molecule has 4 aromatic heterocycles. The minimum absolute atomic E-state index is 0.407. The highest BCUT2D eigenvalue weighted by Crippen LogP contribution is 2.23. The molecule has 5 rings (SSSR count). The van der Waals surface area contributed by atoms with E-state index in [0.717, 1.165) is 54.2 Å². The first-order chi connectivity index (χ1) is 14.2. The predicted molar refractivity (Wildman–Crippen MR) is 110 cm³/mol. The smallest absolute Gasteiger partial charge is 0.225 e. The summed E-state index contributed by atoms with van der Waals surface area (Å²) in [5.74, 6) is 1.17. The van der Waals surface area contributed by atoms with Crippen LogP contribution in [0.15, 0.2) is 35.5 Å². The van der Waals surface area contributed by atoms with Gasteiger partial charge in [0.1, 0.15) is 0 Å². The maximum Gasteiger partial charge on any atom is 0.225 e. The van der Waals surface area contributed by atoms with E-state index in [1.54, 1.807) is 29.5 Å². The lowest BCUT2D eigenvalue weighted by Crippen LogP contribution is -2.38. The van der Waals surface area contributed by atoms with Crippen molar-refractivity contribution in [2.45, 2.75) is 19.4 Å². The number of hydrogen-bond acceptors (Lipinski definition) is 8. The molecule has 0 bridgehead atoms. The second kappa shape index (κ2) is 7.47. The van der Waals surface area contributed by atoms with Crippen molar-refractivity contribution in [2.24, 2.45) is 13.0 Å². The zero-order chi connectivity index (χ0) is 19.8. The first-order valence-corrected chi connectivity index (χ1v) is 10.2. The van der Waals surface area contributed by atoms with Crippen molar-refractivity contribution >= 4 is 33.2 Å². The third kappa shape index (κ3) is 3.69. The molecule has 11 heteroatoms. The van der Waals surface area contributed by atoms with E-state index in [1.165, 1.54) is 0 Å². The summed E-state index contributed by atoms with van der Waals surface area (Å²) in [4.78, 5) is 20.3. The van der Waals surface area contributed by atoms with Crippen molar-refractivity contribution in [2.75, 3.05) is 18.0 Å². The number of piperidine rings is 1. The molecule has 1 saturated heterocycles. The van der Waals surface area contributed by atoms with Crippen LogP contribution in [0.5, 0.6) is 0 Å². The Balaban J connectivity index is 1.37. The molecule has 29 heavy (non-hydrogen) atoms. The summed E-state index contributed by atoms with van der Waals surface area (Å²) in [7, 11) is 1.88. The van der Waals surface area contributed by atoms with Gasteiger partial charge in [-0.05, 0) is 34.7 Å². The van der Waals surface area contributed by atoms with Gasteiger partial charge in [0.05, 0.1) is 22.6 Å². The van der Waals surface area contributed by atoms with Crippen LogP contribution in [0.1, 0.15) is 12.8 Å². The Morgan fingerprint density at radius 2 is 2.00 bits per heavy atom. The molecule has 0 radical (unpaired) electrons. The molecule has 148 valence electrons. The topological polar surface area (TPSA) is 103 Å². The SMILES string of the molecule is Cn1cc(-c2cnc3nnn(C[C@H]4CCCN(c5ncc(Br)cn5)C4)c3n2)cn1. The zero-order valence-electron chi connectivity index (χ0n) is 15.8. The lowest BCUT2D eigenvalue weighted by Gasteiger charge is -2.32. The van der Waals surface area contributed by atoms with Crippen molar-refractivity contribution in [3.05, 3.63) is 35.5 Å². The molecule has 10 nitrogen and oxygen atoms in total.